The molecule has 1 heterocycles. The van der Waals surface area contributed by atoms with Gasteiger partial charge in [0.25, 0.3) is 5.91 Å². The number of carbonyl (C=O) groups excluding carboxylic acids is 2. The van der Waals surface area contributed by atoms with E-state index in [1.165, 1.54) is 6.42 Å². The Labute approximate surface area is 178 Å². The van der Waals surface area contributed by atoms with Gasteiger partial charge in [0.15, 0.2) is 0 Å². The fourth-order valence-electron chi connectivity index (χ4n) is 4.60. The lowest BCUT2D eigenvalue weighted by molar-refractivity contribution is -0.138. The van der Waals surface area contributed by atoms with Crippen molar-refractivity contribution >= 4 is 11.8 Å². The quantitative estimate of drug-likeness (QED) is 0.839. The van der Waals surface area contributed by atoms with Crippen LogP contribution in [0.1, 0.15) is 53.6 Å². The van der Waals surface area contributed by atoms with Crippen molar-refractivity contribution < 1.29 is 14.7 Å². The van der Waals surface area contributed by atoms with Crippen LogP contribution in [-0.2, 0) is 11.2 Å². The molecule has 1 saturated carbocycles. The van der Waals surface area contributed by atoms with Gasteiger partial charge in [-0.1, -0.05) is 55.7 Å². The molecule has 1 N–H and O–H groups in total. The van der Waals surface area contributed by atoms with Crippen molar-refractivity contribution in [2.24, 2.45) is 5.92 Å². The van der Waals surface area contributed by atoms with Crippen LogP contribution in [0.25, 0.3) is 0 Å². The van der Waals surface area contributed by atoms with Crippen molar-refractivity contribution in [1.82, 2.24) is 9.80 Å². The SMILES string of the molecule is O=C(c1cc(Cc2ccccc2)ccc1O)N1CCN(C(=O)C2CCCCC2)CC1. The molecular formula is C25H30N2O3. The van der Waals surface area contributed by atoms with E-state index >= 15 is 0 Å². The van der Waals surface area contributed by atoms with Crippen LogP contribution in [0.3, 0.4) is 0 Å². The third-order valence-corrected chi connectivity index (χ3v) is 6.38. The fourth-order valence-corrected chi connectivity index (χ4v) is 4.60. The van der Waals surface area contributed by atoms with Crippen LogP contribution in [-0.4, -0.2) is 52.9 Å². The lowest BCUT2D eigenvalue weighted by Crippen LogP contribution is -2.52. The summed E-state index contributed by atoms with van der Waals surface area (Å²) in [5.41, 5.74) is 2.50. The van der Waals surface area contributed by atoms with Crippen LogP contribution in [0.5, 0.6) is 5.75 Å². The summed E-state index contributed by atoms with van der Waals surface area (Å²) >= 11 is 0. The van der Waals surface area contributed by atoms with Crippen molar-refractivity contribution in [1.29, 1.82) is 0 Å². The minimum Gasteiger partial charge on any atom is -0.507 e. The highest BCUT2D eigenvalue weighted by molar-refractivity contribution is 5.97. The zero-order chi connectivity index (χ0) is 20.9. The van der Waals surface area contributed by atoms with Gasteiger partial charge in [0.2, 0.25) is 5.91 Å². The molecule has 0 atom stereocenters. The number of nitrogens with zero attached hydrogens (tertiary/aromatic N) is 2. The average Bonchev–Trinajstić information content (AvgIpc) is 2.81. The highest BCUT2D eigenvalue weighted by atomic mass is 16.3. The molecule has 2 fully saturated rings. The Morgan fingerprint density at radius 3 is 2.20 bits per heavy atom. The number of carbonyl (C=O) groups is 2. The zero-order valence-electron chi connectivity index (χ0n) is 17.4. The van der Waals surface area contributed by atoms with Crippen LogP contribution >= 0.6 is 0 Å². The molecule has 1 aliphatic carbocycles. The van der Waals surface area contributed by atoms with Gasteiger partial charge in [0, 0.05) is 32.1 Å². The standard InChI is InChI=1S/C25H30N2O3/c28-23-12-11-20(17-19-7-3-1-4-8-19)18-22(23)25(30)27-15-13-26(14-16-27)24(29)21-9-5-2-6-10-21/h1,3-4,7-8,11-12,18,21,28H,2,5-6,9-10,13-17H2. The summed E-state index contributed by atoms with van der Waals surface area (Å²) in [4.78, 5) is 29.5. The van der Waals surface area contributed by atoms with Crippen LogP contribution < -0.4 is 0 Å². The molecule has 0 radical (unpaired) electrons. The van der Waals surface area contributed by atoms with Crippen molar-refractivity contribution in [2.75, 3.05) is 26.2 Å². The molecule has 5 nitrogen and oxygen atoms in total. The smallest absolute Gasteiger partial charge is 0.257 e. The molecular weight excluding hydrogens is 376 g/mol. The van der Waals surface area contributed by atoms with Gasteiger partial charge >= 0.3 is 0 Å². The van der Waals surface area contributed by atoms with Gasteiger partial charge in [-0.2, -0.15) is 0 Å². The molecule has 0 aromatic heterocycles. The number of piperazine rings is 1. The van der Waals surface area contributed by atoms with Crippen molar-refractivity contribution in [3.63, 3.8) is 0 Å². The molecule has 158 valence electrons. The highest BCUT2D eigenvalue weighted by Crippen LogP contribution is 2.27. The largest absolute Gasteiger partial charge is 0.507 e. The number of phenolic OH excluding ortho intramolecular Hbond substituents is 1. The van der Waals surface area contributed by atoms with E-state index in [1.807, 2.05) is 29.2 Å². The van der Waals surface area contributed by atoms with Crippen molar-refractivity contribution in [2.45, 2.75) is 38.5 Å². The molecule has 2 aliphatic rings. The number of amides is 2. The number of hydrogen-bond acceptors (Lipinski definition) is 3. The Kier molecular flexibility index (Phi) is 6.36. The minimum atomic E-state index is -0.160. The Morgan fingerprint density at radius 1 is 0.833 bits per heavy atom. The van der Waals surface area contributed by atoms with Crippen LogP contribution in [0.2, 0.25) is 0 Å². The number of phenols is 1. The van der Waals surface area contributed by atoms with Gasteiger partial charge in [-0.05, 0) is 42.5 Å². The predicted molar refractivity (Wildman–Crippen MR) is 116 cm³/mol. The van der Waals surface area contributed by atoms with Gasteiger partial charge in [-0.15, -0.1) is 0 Å². The van der Waals surface area contributed by atoms with Crippen LogP contribution in [0.4, 0.5) is 0 Å². The average molecular weight is 407 g/mol. The summed E-state index contributed by atoms with van der Waals surface area (Å²) in [7, 11) is 0. The third-order valence-electron chi connectivity index (χ3n) is 6.38. The van der Waals surface area contributed by atoms with Gasteiger partial charge < -0.3 is 14.9 Å². The summed E-state index contributed by atoms with van der Waals surface area (Å²) in [6.45, 7) is 2.18. The monoisotopic (exact) mass is 406 g/mol. The Morgan fingerprint density at radius 2 is 1.50 bits per heavy atom. The van der Waals surface area contributed by atoms with Crippen molar-refractivity contribution in [3.8, 4) is 5.75 Å². The number of rotatable bonds is 4. The molecule has 0 spiro atoms. The van der Waals surface area contributed by atoms with E-state index in [-0.39, 0.29) is 23.5 Å². The van der Waals surface area contributed by atoms with E-state index in [0.29, 0.717) is 38.2 Å². The van der Waals surface area contributed by atoms with E-state index in [9.17, 15) is 14.7 Å². The van der Waals surface area contributed by atoms with Crippen LogP contribution in [0.15, 0.2) is 48.5 Å². The summed E-state index contributed by atoms with van der Waals surface area (Å²) < 4.78 is 0. The Hall–Kier alpha value is -2.82. The molecule has 2 aromatic carbocycles. The molecule has 2 amide bonds. The van der Waals surface area contributed by atoms with Gasteiger partial charge in [-0.25, -0.2) is 0 Å². The molecule has 4 rings (SSSR count). The van der Waals surface area contributed by atoms with E-state index in [4.69, 9.17) is 0 Å². The number of hydrogen-bond donors (Lipinski definition) is 1. The minimum absolute atomic E-state index is 0.0116. The molecule has 30 heavy (non-hydrogen) atoms. The van der Waals surface area contributed by atoms with Gasteiger partial charge in [-0.3, -0.25) is 9.59 Å². The topological polar surface area (TPSA) is 60.9 Å². The van der Waals surface area contributed by atoms with E-state index in [1.54, 1.807) is 17.0 Å². The molecule has 1 aliphatic heterocycles. The van der Waals surface area contributed by atoms with E-state index in [0.717, 1.165) is 36.8 Å². The van der Waals surface area contributed by atoms with Gasteiger partial charge in [0.1, 0.15) is 5.75 Å². The number of aromatic hydroxyl groups is 1. The summed E-state index contributed by atoms with van der Waals surface area (Å²) in [6.07, 6.45) is 6.24. The van der Waals surface area contributed by atoms with Crippen LogP contribution in [0, 0.1) is 5.92 Å². The Balaban J connectivity index is 1.39. The first-order chi connectivity index (χ1) is 14.6. The normalized spacial score (nSPS) is 17.7. The molecule has 5 heteroatoms. The maximum atomic E-state index is 13.1. The first-order valence-corrected chi connectivity index (χ1v) is 11.1. The van der Waals surface area contributed by atoms with E-state index in [2.05, 4.69) is 12.1 Å². The lowest BCUT2D eigenvalue weighted by Gasteiger charge is -2.37. The lowest BCUT2D eigenvalue weighted by atomic mass is 9.88. The zero-order valence-corrected chi connectivity index (χ0v) is 17.4. The fraction of sp³-hybridized carbons (Fsp3) is 0.440. The maximum Gasteiger partial charge on any atom is 0.257 e. The maximum absolute atomic E-state index is 13.1. The summed E-state index contributed by atoms with van der Waals surface area (Å²) in [5.74, 6) is 0.277. The van der Waals surface area contributed by atoms with E-state index < -0.39 is 0 Å². The molecule has 0 unspecified atom stereocenters. The van der Waals surface area contributed by atoms with Gasteiger partial charge in [0.05, 0.1) is 5.56 Å². The summed E-state index contributed by atoms with van der Waals surface area (Å²) in [5, 5.41) is 10.3. The van der Waals surface area contributed by atoms with Crippen molar-refractivity contribution in [3.05, 3.63) is 65.2 Å². The second kappa shape index (κ2) is 9.33. The predicted octanol–water partition coefficient (Wildman–Crippen LogP) is 3.85. The second-order valence-electron chi connectivity index (χ2n) is 8.47. The third kappa shape index (κ3) is 4.66. The first kappa shape index (κ1) is 20.5. The highest BCUT2D eigenvalue weighted by Gasteiger charge is 2.30. The second-order valence-corrected chi connectivity index (χ2v) is 8.47. The molecule has 2 aromatic rings. The first-order valence-electron chi connectivity index (χ1n) is 11.1. The Bertz CT molecular complexity index is 883. The summed E-state index contributed by atoms with van der Waals surface area (Å²) in [6, 6.07) is 15.3. The number of benzene rings is 2. The molecule has 0 bridgehead atoms. The molecule has 1 saturated heterocycles.